The number of para-hydroxylation sites is 1. The molecule has 0 spiro atoms. The lowest BCUT2D eigenvalue weighted by Crippen LogP contribution is -2.42. The first-order valence-electron chi connectivity index (χ1n) is 7.49. The minimum atomic E-state index is -0.954. The summed E-state index contributed by atoms with van der Waals surface area (Å²) < 4.78 is 11.2. The normalized spacial score (nSPS) is 19.4. The zero-order valence-electron chi connectivity index (χ0n) is 12.5. The van der Waals surface area contributed by atoms with Crippen LogP contribution < -0.4 is 4.74 Å². The lowest BCUT2D eigenvalue weighted by atomic mass is 10.2. The quantitative estimate of drug-likeness (QED) is 0.781. The fourth-order valence-electron chi connectivity index (χ4n) is 2.47. The van der Waals surface area contributed by atoms with Gasteiger partial charge in [0, 0.05) is 19.6 Å². The first-order chi connectivity index (χ1) is 10.2. The Kier molecular flexibility index (Phi) is 6.02. The Morgan fingerprint density at radius 2 is 2.29 bits per heavy atom. The second kappa shape index (κ2) is 8.00. The number of hydrogen-bond acceptors (Lipinski definition) is 4. The first-order valence-corrected chi connectivity index (χ1v) is 7.49. The fourth-order valence-corrected chi connectivity index (χ4v) is 2.47. The van der Waals surface area contributed by atoms with E-state index in [1.165, 1.54) is 0 Å². The average molecular weight is 293 g/mol. The third-order valence-corrected chi connectivity index (χ3v) is 3.67. The van der Waals surface area contributed by atoms with E-state index in [1.807, 2.05) is 0 Å². The Bertz CT molecular complexity index is 463. The molecule has 1 aromatic rings. The number of aromatic carboxylic acids is 1. The van der Waals surface area contributed by atoms with Crippen LogP contribution in [0.4, 0.5) is 0 Å². The summed E-state index contributed by atoms with van der Waals surface area (Å²) in [5.41, 5.74) is 0.218. The molecule has 5 heteroatoms. The van der Waals surface area contributed by atoms with Crippen molar-refractivity contribution in [2.24, 2.45) is 0 Å². The maximum absolute atomic E-state index is 11.1. The summed E-state index contributed by atoms with van der Waals surface area (Å²) in [4.78, 5) is 13.4. The molecule has 1 saturated heterocycles. The van der Waals surface area contributed by atoms with Gasteiger partial charge in [0.2, 0.25) is 0 Å². The molecular formula is C16H23NO4. The van der Waals surface area contributed by atoms with Crippen LogP contribution in [0.5, 0.6) is 5.75 Å². The average Bonchev–Trinajstić information content (AvgIpc) is 2.52. The smallest absolute Gasteiger partial charge is 0.339 e. The molecule has 116 valence electrons. The van der Waals surface area contributed by atoms with Crippen molar-refractivity contribution in [2.45, 2.75) is 25.9 Å². The standard InChI is InChI=1S/C16H23NO4/c1-2-13-12-17(9-11-20-13)8-5-10-21-15-7-4-3-6-14(15)16(18)19/h3-4,6-7,13H,2,5,8-12H2,1H3,(H,18,19). The Morgan fingerprint density at radius 3 is 3.05 bits per heavy atom. The van der Waals surface area contributed by atoms with Crippen molar-refractivity contribution in [1.82, 2.24) is 4.90 Å². The molecule has 1 heterocycles. The van der Waals surface area contributed by atoms with Crippen molar-refractivity contribution in [3.05, 3.63) is 29.8 Å². The molecule has 0 saturated carbocycles. The molecule has 1 aliphatic heterocycles. The van der Waals surface area contributed by atoms with E-state index in [4.69, 9.17) is 14.6 Å². The van der Waals surface area contributed by atoms with Gasteiger partial charge in [-0.3, -0.25) is 4.90 Å². The molecule has 1 aromatic carbocycles. The van der Waals surface area contributed by atoms with Crippen molar-refractivity contribution >= 4 is 5.97 Å². The number of rotatable bonds is 7. The van der Waals surface area contributed by atoms with Gasteiger partial charge in [-0.1, -0.05) is 19.1 Å². The van der Waals surface area contributed by atoms with Crippen LogP contribution in [-0.4, -0.2) is 54.9 Å². The van der Waals surface area contributed by atoms with Crippen molar-refractivity contribution in [2.75, 3.05) is 32.8 Å². The van der Waals surface area contributed by atoms with Crippen molar-refractivity contribution in [1.29, 1.82) is 0 Å². The lowest BCUT2D eigenvalue weighted by molar-refractivity contribution is -0.0306. The van der Waals surface area contributed by atoms with E-state index < -0.39 is 5.97 Å². The van der Waals surface area contributed by atoms with Crippen molar-refractivity contribution < 1.29 is 19.4 Å². The second-order valence-electron chi connectivity index (χ2n) is 5.20. The molecule has 1 atom stereocenters. The molecule has 0 bridgehead atoms. The van der Waals surface area contributed by atoms with Gasteiger partial charge in [-0.15, -0.1) is 0 Å². The minimum Gasteiger partial charge on any atom is -0.493 e. The third kappa shape index (κ3) is 4.72. The van der Waals surface area contributed by atoms with Gasteiger partial charge in [0.15, 0.2) is 0 Å². The van der Waals surface area contributed by atoms with Gasteiger partial charge in [-0.2, -0.15) is 0 Å². The lowest BCUT2D eigenvalue weighted by Gasteiger charge is -2.32. The van der Waals surface area contributed by atoms with Crippen LogP contribution in [0.25, 0.3) is 0 Å². The Labute approximate surface area is 125 Å². The van der Waals surface area contributed by atoms with Gasteiger partial charge in [-0.05, 0) is 25.0 Å². The van der Waals surface area contributed by atoms with E-state index in [9.17, 15) is 4.79 Å². The van der Waals surface area contributed by atoms with Gasteiger partial charge < -0.3 is 14.6 Å². The third-order valence-electron chi connectivity index (χ3n) is 3.67. The number of carboxylic acid groups (broad SMARTS) is 1. The Morgan fingerprint density at radius 1 is 1.48 bits per heavy atom. The number of nitrogens with zero attached hydrogens (tertiary/aromatic N) is 1. The van der Waals surface area contributed by atoms with Crippen molar-refractivity contribution in [3.63, 3.8) is 0 Å². The summed E-state index contributed by atoms with van der Waals surface area (Å²) in [5, 5.41) is 9.08. The predicted molar refractivity (Wildman–Crippen MR) is 80.0 cm³/mol. The molecule has 0 radical (unpaired) electrons. The highest BCUT2D eigenvalue weighted by Crippen LogP contribution is 2.18. The van der Waals surface area contributed by atoms with Crippen LogP contribution in [0.15, 0.2) is 24.3 Å². The molecule has 1 N–H and O–H groups in total. The SMILES string of the molecule is CCC1CN(CCCOc2ccccc2C(=O)O)CCO1. The molecule has 0 aliphatic carbocycles. The summed E-state index contributed by atoms with van der Waals surface area (Å²) in [7, 11) is 0. The van der Waals surface area contributed by atoms with E-state index in [2.05, 4.69) is 11.8 Å². The van der Waals surface area contributed by atoms with E-state index >= 15 is 0 Å². The number of carbonyl (C=O) groups is 1. The number of hydrogen-bond donors (Lipinski definition) is 1. The Hall–Kier alpha value is -1.59. The molecular weight excluding hydrogens is 270 g/mol. The first kappa shape index (κ1) is 15.8. The topological polar surface area (TPSA) is 59.0 Å². The van der Waals surface area contributed by atoms with Crippen molar-refractivity contribution in [3.8, 4) is 5.75 Å². The number of carboxylic acids is 1. The minimum absolute atomic E-state index is 0.218. The van der Waals surface area contributed by atoms with E-state index in [-0.39, 0.29) is 5.56 Å². The van der Waals surface area contributed by atoms with Gasteiger partial charge in [0.1, 0.15) is 11.3 Å². The monoisotopic (exact) mass is 293 g/mol. The summed E-state index contributed by atoms with van der Waals surface area (Å²) in [6.45, 7) is 6.35. The van der Waals surface area contributed by atoms with Crippen LogP contribution in [-0.2, 0) is 4.74 Å². The summed E-state index contributed by atoms with van der Waals surface area (Å²) in [6, 6.07) is 6.75. The van der Waals surface area contributed by atoms with Gasteiger partial charge >= 0.3 is 5.97 Å². The molecule has 2 rings (SSSR count). The molecule has 1 unspecified atom stereocenters. The number of ether oxygens (including phenoxy) is 2. The highest BCUT2D eigenvalue weighted by atomic mass is 16.5. The summed E-state index contributed by atoms with van der Waals surface area (Å²) >= 11 is 0. The van der Waals surface area contributed by atoms with Crippen LogP contribution in [0, 0.1) is 0 Å². The summed E-state index contributed by atoms with van der Waals surface area (Å²) in [6.07, 6.45) is 2.26. The predicted octanol–water partition coefficient (Wildman–Crippen LogP) is 2.26. The molecule has 0 amide bonds. The fraction of sp³-hybridized carbons (Fsp3) is 0.562. The number of benzene rings is 1. The second-order valence-corrected chi connectivity index (χ2v) is 5.20. The largest absolute Gasteiger partial charge is 0.493 e. The molecule has 1 aliphatic rings. The maximum atomic E-state index is 11.1. The van der Waals surface area contributed by atoms with Gasteiger partial charge in [0.05, 0.1) is 19.3 Å². The van der Waals surface area contributed by atoms with Gasteiger partial charge in [0.25, 0.3) is 0 Å². The molecule has 5 nitrogen and oxygen atoms in total. The molecule has 21 heavy (non-hydrogen) atoms. The molecule has 1 fully saturated rings. The van der Waals surface area contributed by atoms with Crippen LogP contribution in [0.2, 0.25) is 0 Å². The van der Waals surface area contributed by atoms with Crippen LogP contribution >= 0.6 is 0 Å². The van der Waals surface area contributed by atoms with Crippen LogP contribution in [0.3, 0.4) is 0 Å². The number of morpholine rings is 1. The Balaban J connectivity index is 1.74. The van der Waals surface area contributed by atoms with Gasteiger partial charge in [-0.25, -0.2) is 4.79 Å². The molecule has 0 aromatic heterocycles. The highest BCUT2D eigenvalue weighted by molar-refractivity contribution is 5.90. The van der Waals surface area contributed by atoms with E-state index in [0.29, 0.717) is 18.5 Å². The highest BCUT2D eigenvalue weighted by Gasteiger charge is 2.18. The van der Waals surface area contributed by atoms with Crippen LogP contribution in [0.1, 0.15) is 30.1 Å². The summed E-state index contributed by atoms with van der Waals surface area (Å²) in [5.74, 6) is -0.511. The van der Waals surface area contributed by atoms with E-state index in [0.717, 1.165) is 39.1 Å². The zero-order valence-corrected chi connectivity index (χ0v) is 12.5. The maximum Gasteiger partial charge on any atom is 0.339 e. The zero-order chi connectivity index (χ0) is 15.1. The van der Waals surface area contributed by atoms with E-state index in [1.54, 1.807) is 24.3 Å².